The first-order valence-electron chi connectivity index (χ1n) is 5.10. The molecule has 0 saturated carbocycles. The van der Waals surface area contributed by atoms with Crippen LogP contribution in [0.25, 0.3) is 0 Å². The molecule has 1 aliphatic rings. The molecule has 0 aromatic heterocycles. The first-order valence-corrected chi connectivity index (χ1v) is 5.10. The number of nitrogens with zero attached hydrogens (tertiary/aromatic N) is 1. The van der Waals surface area contributed by atoms with Crippen LogP contribution < -0.4 is 5.73 Å². The molecule has 1 aromatic rings. The summed E-state index contributed by atoms with van der Waals surface area (Å²) in [5.74, 6) is 1.26. The second-order valence-corrected chi connectivity index (χ2v) is 3.86. The van der Waals surface area contributed by atoms with Gasteiger partial charge in [-0.1, -0.05) is 24.3 Å². The van der Waals surface area contributed by atoms with Crippen molar-refractivity contribution in [3.8, 4) is 0 Å². The summed E-state index contributed by atoms with van der Waals surface area (Å²) >= 11 is 0. The number of rotatable bonds is 1. The van der Waals surface area contributed by atoms with Crippen molar-refractivity contribution in [2.24, 2.45) is 16.6 Å². The molecule has 0 heterocycles. The molecular weight excluding hydrogens is 172 g/mol. The highest BCUT2D eigenvalue weighted by Gasteiger charge is 2.20. The monoisotopic (exact) mass is 188 g/mol. The van der Waals surface area contributed by atoms with E-state index in [-0.39, 0.29) is 0 Å². The molecule has 1 aliphatic carbocycles. The standard InChI is InChI=1S/C12H16N2/c1-14-12(13)11-7-6-9-4-2-3-5-10(9)8-11/h2-5,11H,6-8H2,1H3,(H2,13,14). The highest BCUT2D eigenvalue weighted by Crippen LogP contribution is 2.25. The molecule has 2 heteroatoms. The van der Waals surface area contributed by atoms with Gasteiger partial charge in [-0.2, -0.15) is 0 Å². The first-order chi connectivity index (χ1) is 6.81. The van der Waals surface area contributed by atoms with Crippen LogP contribution in [0.1, 0.15) is 17.5 Å². The number of aryl methyl sites for hydroxylation is 1. The van der Waals surface area contributed by atoms with Gasteiger partial charge < -0.3 is 5.73 Å². The second kappa shape index (κ2) is 3.82. The lowest BCUT2D eigenvalue weighted by Crippen LogP contribution is -2.28. The van der Waals surface area contributed by atoms with E-state index in [1.165, 1.54) is 11.1 Å². The van der Waals surface area contributed by atoms with Crippen molar-refractivity contribution in [2.45, 2.75) is 19.3 Å². The Morgan fingerprint density at radius 3 is 2.79 bits per heavy atom. The van der Waals surface area contributed by atoms with Crippen LogP contribution in [0.2, 0.25) is 0 Å². The van der Waals surface area contributed by atoms with Gasteiger partial charge in [-0.25, -0.2) is 0 Å². The third-order valence-electron chi connectivity index (χ3n) is 3.02. The predicted molar refractivity (Wildman–Crippen MR) is 59.5 cm³/mol. The second-order valence-electron chi connectivity index (χ2n) is 3.86. The maximum Gasteiger partial charge on any atom is 0.0968 e. The molecule has 1 atom stereocenters. The average Bonchev–Trinajstić information content (AvgIpc) is 2.27. The Kier molecular flexibility index (Phi) is 2.53. The molecule has 0 saturated heterocycles. The number of fused-ring (bicyclic) bond motifs is 1. The third-order valence-corrected chi connectivity index (χ3v) is 3.02. The van der Waals surface area contributed by atoms with Gasteiger partial charge in [0.15, 0.2) is 0 Å². The number of aliphatic imine (C=N–C) groups is 1. The Balaban J connectivity index is 2.21. The molecule has 0 amide bonds. The van der Waals surface area contributed by atoms with Crippen LogP contribution in [-0.4, -0.2) is 12.9 Å². The van der Waals surface area contributed by atoms with Crippen LogP contribution in [-0.2, 0) is 12.8 Å². The lowest BCUT2D eigenvalue weighted by molar-refractivity contribution is 0.579. The molecule has 0 bridgehead atoms. The van der Waals surface area contributed by atoms with E-state index in [2.05, 4.69) is 29.3 Å². The molecule has 74 valence electrons. The van der Waals surface area contributed by atoms with Crippen LogP contribution in [0.15, 0.2) is 29.3 Å². The molecule has 14 heavy (non-hydrogen) atoms. The molecule has 0 aliphatic heterocycles. The van der Waals surface area contributed by atoms with Crippen molar-refractivity contribution >= 4 is 5.84 Å². The smallest absolute Gasteiger partial charge is 0.0968 e. The van der Waals surface area contributed by atoms with Gasteiger partial charge in [0.1, 0.15) is 0 Å². The lowest BCUT2D eigenvalue weighted by Gasteiger charge is -2.23. The summed E-state index contributed by atoms with van der Waals surface area (Å²) in [5.41, 5.74) is 8.77. The van der Waals surface area contributed by atoms with E-state index in [9.17, 15) is 0 Å². The van der Waals surface area contributed by atoms with Crippen LogP contribution >= 0.6 is 0 Å². The van der Waals surface area contributed by atoms with Gasteiger partial charge >= 0.3 is 0 Å². The SMILES string of the molecule is CN=C(N)C1CCc2ccccc2C1. The topological polar surface area (TPSA) is 38.4 Å². The van der Waals surface area contributed by atoms with E-state index in [0.717, 1.165) is 25.1 Å². The quantitative estimate of drug-likeness (QED) is 0.529. The molecule has 0 radical (unpaired) electrons. The average molecular weight is 188 g/mol. The Labute approximate surface area is 84.9 Å². The van der Waals surface area contributed by atoms with Gasteiger partial charge in [-0.3, -0.25) is 4.99 Å². The fraction of sp³-hybridized carbons (Fsp3) is 0.417. The molecule has 2 rings (SSSR count). The van der Waals surface area contributed by atoms with Crippen LogP contribution in [0.5, 0.6) is 0 Å². The van der Waals surface area contributed by atoms with Crippen molar-refractivity contribution in [3.05, 3.63) is 35.4 Å². The minimum atomic E-state index is 0.454. The zero-order valence-corrected chi connectivity index (χ0v) is 8.53. The Hall–Kier alpha value is -1.31. The predicted octanol–water partition coefficient (Wildman–Crippen LogP) is 1.78. The van der Waals surface area contributed by atoms with Crippen molar-refractivity contribution in [3.63, 3.8) is 0 Å². The molecular formula is C12H16N2. The summed E-state index contributed by atoms with van der Waals surface area (Å²) in [4.78, 5) is 4.08. The summed E-state index contributed by atoms with van der Waals surface area (Å²) in [6.45, 7) is 0. The first kappa shape index (κ1) is 9.25. The van der Waals surface area contributed by atoms with Crippen molar-refractivity contribution in [2.75, 3.05) is 7.05 Å². The number of nitrogens with two attached hydrogens (primary N) is 1. The summed E-state index contributed by atoms with van der Waals surface area (Å²) in [7, 11) is 1.77. The highest BCUT2D eigenvalue weighted by atomic mass is 14.8. The minimum Gasteiger partial charge on any atom is -0.387 e. The zero-order valence-electron chi connectivity index (χ0n) is 8.53. The fourth-order valence-corrected chi connectivity index (χ4v) is 2.13. The van der Waals surface area contributed by atoms with Gasteiger partial charge in [0.05, 0.1) is 5.84 Å². The molecule has 0 spiro atoms. The normalized spacial score (nSPS) is 21.8. The van der Waals surface area contributed by atoms with Gasteiger partial charge in [0, 0.05) is 13.0 Å². The van der Waals surface area contributed by atoms with E-state index < -0.39 is 0 Å². The van der Waals surface area contributed by atoms with Gasteiger partial charge in [0.25, 0.3) is 0 Å². The van der Waals surface area contributed by atoms with E-state index >= 15 is 0 Å². The van der Waals surface area contributed by atoms with Crippen molar-refractivity contribution in [1.82, 2.24) is 0 Å². The number of hydrogen-bond acceptors (Lipinski definition) is 1. The van der Waals surface area contributed by atoms with Crippen LogP contribution in [0.3, 0.4) is 0 Å². The zero-order chi connectivity index (χ0) is 9.97. The van der Waals surface area contributed by atoms with Gasteiger partial charge in [0.2, 0.25) is 0 Å². The van der Waals surface area contributed by atoms with E-state index in [1.54, 1.807) is 7.05 Å². The summed E-state index contributed by atoms with van der Waals surface area (Å²) in [6, 6.07) is 8.62. The van der Waals surface area contributed by atoms with Crippen molar-refractivity contribution < 1.29 is 0 Å². The van der Waals surface area contributed by atoms with Gasteiger partial charge in [-0.15, -0.1) is 0 Å². The number of hydrogen-bond donors (Lipinski definition) is 1. The largest absolute Gasteiger partial charge is 0.387 e. The molecule has 2 nitrogen and oxygen atoms in total. The Bertz CT molecular complexity index is 355. The van der Waals surface area contributed by atoms with Gasteiger partial charge in [-0.05, 0) is 30.4 Å². The maximum absolute atomic E-state index is 5.85. The summed E-state index contributed by atoms with van der Waals surface area (Å²) in [5, 5.41) is 0. The van der Waals surface area contributed by atoms with Crippen LogP contribution in [0.4, 0.5) is 0 Å². The molecule has 2 N–H and O–H groups in total. The van der Waals surface area contributed by atoms with Crippen molar-refractivity contribution in [1.29, 1.82) is 0 Å². The van der Waals surface area contributed by atoms with E-state index in [4.69, 9.17) is 5.73 Å². The minimum absolute atomic E-state index is 0.454. The van der Waals surface area contributed by atoms with E-state index in [0.29, 0.717) is 5.92 Å². The highest BCUT2D eigenvalue weighted by molar-refractivity contribution is 5.83. The fourth-order valence-electron chi connectivity index (χ4n) is 2.13. The third kappa shape index (κ3) is 1.65. The summed E-state index contributed by atoms with van der Waals surface area (Å²) in [6.07, 6.45) is 3.33. The maximum atomic E-state index is 5.85. The summed E-state index contributed by atoms with van der Waals surface area (Å²) < 4.78 is 0. The molecule has 1 unspecified atom stereocenters. The van der Waals surface area contributed by atoms with E-state index in [1.807, 2.05) is 0 Å². The molecule has 1 aromatic carbocycles. The Morgan fingerprint density at radius 2 is 2.07 bits per heavy atom. The number of benzene rings is 1. The van der Waals surface area contributed by atoms with Crippen LogP contribution in [0, 0.1) is 5.92 Å². The Morgan fingerprint density at radius 1 is 1.36 bits per heavy atom. The number of amidine groups is 1. The molecule has 0 fully saturated rings. The lowest BCUT2D eigenvalue weighted by atomic mass is 9.83.